The summed E-state index contributed by atoms with van der Waals surface area (Å²) in [5.74, 6) is 0. The molecule has 168 valence electrons. The minimum Gasteiger partial charge on any atom is -0.455 e. The van der Waals surface area contributed by atoms with Crippen molar-refractivity contribution in [1.29, 1.82) is 0 Å². The van der Waals surface area contributed by atoms with E-state index in [1.807, 2.05) is 0 Å². The maximum absolute atomic E-state index is 6.51. The Hall–Kier alpha value is -4.40. The molecule has 0 radical (unpaired) electrons. The van der Waals surface area contributed by atoms with Crippen LogP contribution in [0.1, 0.15) is 0 Å². The van der Waals surface area contributed by atoms with Gasteiger partial charge in [-0.25, -0.2) is 0 Å². The van der Waals surface area contributed by atoms with Gasteiger partial charge < -0.3 is 4.42 Å². The zero-order chi connectivity index (χ0) is 23.6. The fourth-order valence-corrected chi connectivity index (χ4v) is 6.73. The van der Waals surface area contributed by atoms with E-state index in [1.165, 1.54) is 64.7 Å². The summed E-state index contributed by atoms with van der Waals surface area (Å²) in [6.45, 7) is 0. The van der Waals surface area contributed by atoms with Gasteiger partial charge in [-0.2, -0.15) is 0 Å². The van der Waals surface area contributed by atoms with E-state index in [4.69, 9.17) is 4.42 Å². The van der Waals surface area contributed by atoms with Crippen LogP contribution in [0, 0.1) is 0 Å². The maximum Gasteiger partial charge on any atom is 0.153 e. The van der Waals surface area contributed by atoms with Gasteiger partial charge >= 0.3 is 0 Å². The lowest BCUT2D eigenvalue weighted by atomic mass is 9.85. The van der Waals surface area contributed by atoms with Gasteiger partial charge in [-0.05, 0) is 72.8 Å². The standard InChI is InChI=1S/C34H20OS/c1-2-9-21(10-3-1)30-23-11-4-6-13-25(23)31(26-14-7-5-12-24(26)30)27-15-8-16-29-32(27)28-18-17-22-19-20-36-34(22)33(28)35-29/h1-20H. The van der Waals surface area contributed by atoms with Crippen LogP contribution in [0.5, 0.6) is 0 Å². The Kier molecular flexibility index (Phi) is 4.16. The molecule has 6 aromatic carbocycles. The molecule has 36 heavy (non-hydrogen) atoms. The number of rotatable bonds is 2. The third kappa shape index (κ3) is 2.71. The van der Waals surface area contributed by atoms with Crippen LogP contribution in [-0.4, -0.2) is 0 Å². The second-order valence-electron chi connectivity index (χ2n) is 9.27. The molecule has 1 nitrogen and oxygen atoms in total. The van der Waals surface area contributed by atoms with Gasteiger partial charge in [0, 0.05) is 10.8 Å². The van der Waals surface area contributed by atoms with Crippen LogP contribution < -0.4 is 0 Å². The predicted molar refractivity (Wildman–Crippen MR) is 155 cm³/mol. The molecule has 2 aromatic heterocycles. The van der Waals surface area contributed by atoms with Crippen LogP contribution in [0.2, 0.25) is 0 Å². The molecule has 0 atom stereocenters. The topological polar surface area (TPSA) is 13.1 Å². The first kappa shape index (κ1) is 19.9. The van der Waals surface area contributed by atoms with E-state index in [9.17, 15) is 0 Å². The Morgan fingerprint density at radius 2 is 1.17 bits per heavy atom. The van der Waals surface area contributed by atoms with Crippen molar-refractivity contribution >= 4 is 64.9 Å². The monoisotopic (exact) mass is 476 g/mol. The molecular weight excluding hydrogens is 456 g/mol. The lowest BCUT2D eigenvalue weighted by molar-refractivity contribution is 0.673. The number of furan rings is 1. The first-order valence-electron chi connectivity index (χ1n) is 12.2. The van der Waals surface area contributed by atoms with Crippen molar-refractivity contribution in [2.24, 2.45) is 0 Å². The molecule has 0 saturated carbocycles. The first-order valence-corrected chi connectivity index (χ1v) is 13.1. The summed E-state index contributed by atoms with van der Waals surface area (Å²) in [5, 5.41) is 10.8. The summed E-state index contributed by atoms with van der Waals surface area (Å²) < 4.78 is 7.73. The summed E-state index contributed by atoms with van der Waals surface area (Å²) in [7, 11) is 0. The molecule has 0 aliphatic carbocycles. The predicted octanol–water partition coefficient (Wildman–Crippen LogP) is 10.4. The van der Waals surface area contributed by atoms with Gasteiger partial charge in [-0.1, -0.05) is 97.1 Å². The summed E-state index contributed by atoms with van der Waals surface area (Å²) in [6.07, 6.45) is 0. The van der Waals surface area contributed by atoms with Crippen molar-refractivity contribution in [3.8, 4) is 22.3 Å². The largest absolute Gasteiger partial charge is 0.455 e. The SMILES string of the molecule is c1ccc(-c2c3ccccc3c(-c3cccc4oc5c(ccc6ccsc65)c34)c3ccccc23)cc1. The normalized spacial score (nSPS) is 11.9. The second-order valence-corrected chi connectivity index (χ2v) is 10.2. The van der Waals surface area contributed by atoms with E-state index in [0.29, 0.717) is 0 Å². The number of thiophene rings is 1. The van der Waals surface area contributed by atoms with Crippen molar-refractivity contribution in [3.63, 3.8) is 0 Å². The molecule has 8 aromatic rings. The maximum atomic E-state index is 6.51. The Morgan fingerprint density at radius 1 is 0.500 bits per heavy atom. The molecule has 0 bridgehead atoms. The van der Waals surface area contributed by atoms with Crippen molar-refractivity contribution in [2.75, 3.05) is 0 Å². The fourth-order valence-electron chi connectivity index (χ4n) is 5.85. The van der Waals surface area contributed by atoms with Gasteiger partial charge in [0.25, 0.3) is 0 Å². The molecular formula is C34H20OS. The van der Waals surface area contributed by atoms with Crippen LogP contribution in [-0.2, 0) is 0 Å². The molecule has 0 aliphatic heterocycles. The third-order valence-electron chi connectivity index (χ3n) is 7.35. The molecule has 0 saturated heterocycles. The van der Waals surface area contributed by atoms with Gasteiger partial charge in [0.2, 0.25) is 0 Å². The van der Waals surface area contributed by atoms with Gasteiger partial charge in [0.1, 0.15) is 5.58 Å². The number of benzene rings is 6. The highest BCUT2D eigenvalue weighted by atomic mass is 32.1. The van der Waals surface area contributed by atoms with E-state index < -0.39 is 0 Å². The molecule has 0 unspecified atom stereocenters. The average Bonchev–Trinajstić information content (AvgIpc) is 3.57. The second kappa shape index (κ2) is 7.55. The van der Waals surface area contributed by atoms with E-state index in [1.54, 1.807) is 11.3 Å². The zero-order valence-corrected chi connectivity index (χ0v) is 20.2. The number of fused-ring (bicyclic) bond motifs is 7. The van der Waals surface area contributed by atoms with E-state index >= 15 is 0 Å². The highest BCUT2D eigenvalue weighted by Gasteiger charge is 2.20. The van der Waals surface area contributed by atoms with Crippen LogP contribution in [0.4, 0.5) is 0 Å². The molecule has 0 fully saturated rings. The highest BCUT2D eigenvalue weighted by molar-refractivity contribution is 7.18. The molecule has 2 heterocycles. The molecule has 0 spiro atoms. The third-order valence-corrected chi connectivity index (χ3v) is 8.28. The summed E-state index contributed by atoms with van der Waals surface area (Å²) in [4.78, 5) is 0. The fraction of sp³-hybridized carbons (Fsp3) is 0. The Bertz CT molecular complexity index is 2040. The molecule has 0 aliphatic rings. The van der Waals surface area contributed by atoms with Crippen molar-refractivity contribution in [1.82, 2.24) is 0 Å². The van der Waals surface area contributed by atoms with E-state index in [-0.39, 0.29) is 0 Å². The molecule has 0 N–H and O–H groups in total. The first-order chi connectivity index (χ1) is 17.9. The van der Waals surface area contributed by atoms with Crippen molar-refractivity contribution in [3.05, 3.63) is 121 Å². The summed E-state index contributed by atoms with van der Waals surface area (Å²) in [5.41, 5.74) is 6.93. The van der Waals surface area contributed by atoms with Crippen LogP contribution >= 0.6 is 11.3 Å². The van der Waals surface area contributed by atoms with Gasteiger partial charge in [0.05, 0.1) is 4.70 Å². The van der Waals surface area contributed by atoms with Gasteiger partial charge in [0.15, 0.2) is 5.58 Å². The number of hydrogen-bond acceptors (Lipinski definition) is 2. The zero-order valence-electron chi connectivity index (χ0n) is 19.4. The minimum atomic E-state index is 0.934. The van der Waals surface area contributed by atoms with Crippen LogP contribution in [0.25, 0.3) is 75.8 Å². The van der Waals surface area contributed by atoms with Crippen molar-refractivity contribution in [2.45, 2.75) is 0 Å². The van der Waals surface area contributed by atoms with E-state index in [2.05, 4.69) is 121 Å². The average molecular weight is 477 g/mol. The Morgan fingerprint density at radius 3 is 1.89 bits per heavy atom. The summed E-state index contributed by atoms with van der Waals surface area (Å²) in [6, 6.07) is 41.5. The van der Waals surface area contributed by atoms with Gasteiger partial charge in [-0.3, -0.25) is 0 Å². The number of hydrogen-bond donors (Lipinski definition) is 0. The minimum absolute atomic E-state index is 0.934. The quantitative estimate of drug-likeness (QED) is 0.226. The molecule has 0 amide bonds. The van der Waals surface area contributed by atoms with Crippen molar-refractivity contribution < 1.29 is 4.42 Å². The molecule has 8 rings (SSSR count). The Labute approximate surface area is 211 Å². The lowest BCUT2D eigenvalue weighted by Gasteiger charge is -2.18. The molecule has 2 heteroatoms. The van der Waals surface area contributed by atoms with Crippen LogP contribution in [0.15, 0.2) is 125 Å². The lowest BCUT2D eigenvalue weighted by Crippen LogP contribution is -1.91. The van der Waals surface area contributed by atoms with E-state index in [0.717, 1.165) is 11.2 Å². The van der Waals surface area contributed by atoms with Gasteiger partial charge in [-0.15, -0.1) is 11.3 Å². The van der Waals surface area contributed by atoms with Crippen LogP contribution in [0.3, 0.4) is 0 Å². The highest BCUT2D eigenvalue weighted by Crippen LogP contribution is 2.47. The smallest absolute Gasteiger partial charge is 0.153 e. The Balaban J connectivity index is 1.58. The summed E-state index contributed by atoms with van der Waals surface area (Å²) >= 11 is 1.74.